The number of sulfonamides is 1. The Morgan fingerprint density at radius 2 is 1.85 bits per heavy atom. The molecule has 6 heteroatoms. The minimum atomic E-state index is -3.17. The summed E-state index contributed by atoms with van der Waals surface area (Å²) >= 11 is 1.54. The van der Waals surface area contributed by atoms with Gasteiger partial charge in [-0.15, -0.1) is 11.8 Å². The Labute approximate surface area is 126 Å². The molecule has 4 nitrogen and oxygen atoms in total. The summed E-state index contributed by atoms with van der Waals surface area (Å²) in [7, 11) is -3.17. The molecule has 0 aliphatic rings. The molecule has 0 bridgehead atoms. The second-order valence-electron chi connectivity index (χ2n) is 4.69. The van der Waals surface area contributed by atoms with Gasteiger partial charge < -0.3 is 5.73 Å². The van der Waals surface area contributed by atoms with Crippen molar-refractivity contribution in [1.82, 2.24) is 4.31 Å². The third-order valence-corrected chi connectivity index (χ3v) is 6.57. The lowest BCUT2D eigenvalue weighted by Crippen LogP contribution is -2.39. The lowest BCUT2D eigenvalue weighted by molar-refractivity contribution is 0.343. The number of nitrogens with zero attached hydrogens (tertiary/aromatic N) is 1. The topological polar surface area (TPSA) is 63.4 Å². The highest BCUT2D eigenvalue weighted by Crippen LogP contribution is 2.20. The van der Waals surface area contributed by atoms with Crippen molar-refractivity contribution in [2.45, 2.75) is 38.1 Å². The van der Waals surface area contributed by atoms with Crippen LogP contribution in [0.2, 0.25) is 0 Å². The van der Waals surface area contributed by atoms with E-state index >= 15 is 0 Å². The Hall–Kier alpha value is -0.720. The molecule has 0 fully saturated rings. The van der Waals surface area contributed by atoms with Crippen LogP contribution in [0, 0.1) is 0 Å². The molecule has 1 unspecified atom stereocenters. The van der Waals surface area contributed by atoms with Crippen molar-refractivity contribution in [2.75, 3.05) is 23.8 Å². The van der Waals surface area contributed by atoms with Crippen molar-refractivity contribution in [3.8, 4) is 0 Å². The number of benzene rings is 1. The second-order valence-corrected chi connectivity index (χ2v) is 7.90. The third-order valence-electron chi connectivity index (χ3n) is 3.24. The molecule has 0 saturated carbocycles. The number of rotatable bonds is 8. The number of thioether (sulfide) groups is 1. The Bertz CT molecular complexity index is 500. The molecule has 0 saturated heterocycles. The van der Waals surface area contributed by atoms with Crippen molar-refractivity contribution < 1.29 is 8.42 Å². The molecule has 0 radical (unpaired) electrons. The average molecular weight is 316 g/mol. The van der Waals surface area contributed by atoms with Gasteiger partial charge in [-0.05, 0) is 37.6 Å². The van der Waals surface area contributed by atoms with Crippen LogP contribution in [0.15, 0.2) is 29.2 Å². The highest BCUT2D eigenvalue weighted by atomic mass is 32.2. The van der Waals surface area contributed by atoms with Gasteiger partial charge >= 0.3 is 0 Å². The number of nitrogens with two attached hydrogens (primary N) is 1. The van der Waals surface area contributed by atoms with Crippen molar-refractivity contribution in [3.63, 3.8) is 0 Å². The van der Waals surface area contributed by atoms with Crippen LogP contribution in [0.5, 0.6) is 0 Å². The Kier molecular flexibility index (Phi) is 6.85. The van der Waals surface area contributed by atoms with Gasteiger partial charge in [-0.1, -0.05) is 13.8 Å². The number of hydrogen-bond acceptors (Lipinski definition) is 4. The molecule has 0 heterocycles. The van der Waals surface area contributed by atoms with E-state index in [4.69, 9.17) is 5.73 Å². The fourth-order valence-electron chi connectivity index (χ4n) is 1.93. The highest BCUT2D eigenvalue weighted by Gasteiger charge is 2.24. The van der Waals surface area contributed by atoms with Gasteiger partial charge in [0.1, 0.15) is 0 Å². The Balaban J connectivity index is 2.56. The highest BCUT2D eigenvalue weighted by molar-refractivity contribution is 8.00. The summed E-state index contributed by atoms with van der Waals surface area (Å²) in [6.45, 7) is 6.38. The molecule has 1 aromatic rings. The number of hydrogen-bond donors (Lipinski definition) is 1. The van der Waals surface area contributed by atoms with Crippen molar-refractivity contribution >= 4 is 27.5 Å². The molecular formula is C14H24N2O2S2. The van der Waals surface area contributed by atoms with E-state index in [2.05, 4.69) is 0 Å². The van der Waals surface area contributed by atoms with Crippen molar-refractivity contribution in [1.29, 1.82) is 0 Å². The van der Waals surface area contributed by atoms with E-state index in [1.54, 1.807) is 16.1 Å². The first-order valence-corrected chi connectivity index (χ1v) is 9.48. The van der Waals surface area contributed by atoms with Crippen molar-refractivity contribution in [2.24, 2.45) is 0 Å². The summed E-state index contributed by atoms with van der Waals surface area (Å²) in [4.78, 5) is 1.04. The zero-order valence-corrected chi connectivity index (χ0v) is 14.0. The zero-order valence-electron chi connectivity index (χ0n) is 12.4. The summed E-state index contributed by atoms with van der Waals surface area (Å²) in [6.07, 6.45) is 0.832. The first kappa shape index (κ1) is 17.3. The quantitative estimate of drug-likeness (QED) is 0.592. The maximum Gasteiger partial charge on any atom is 0.215 e. The van der Waals surface area contributed by atoms with E-state index in [0.29, 0.717) is 12.3 Å². The fourth-order valence-corrected chi connectivity index (χ4v) is 5.00. The van der Waals surface area contributed by atoms with E-state index in [-0.39, 0.29) is 11.8 Å². The first-order chi connectivity index (χ1) is 9.40. The molecule has 114 valence electrons. The normalized spacial score (nSPS) is 13.6. The van der Waals surface area contributed by atoms with Gasteiger partial charge in [-0.25, -0.2) is 8.42 Å². The molecule has 20 heavy (non-hydrogen) atoms. The predicted octanol–water partition coefficient (Wildman–Crippen LogP) is 2.81. The van der Waals surface area contributed by atoms with E-state index in [1.807, 2.05) is 45.0 Å². The maximum absolute atomic E-state index is 12.3. The van der Waals surface area contributed by atoms with Crippen LogP contribution in [0.3, 0.4) is 0 Å². The monoisotopic (exact) mass is 316 g/mol. The molecule has 0 amide bonds. The fraction of sp³-hybridized carbons (Fsp3) is 0.571. The van der Waals surface area contributed by atoms with E-state index in [9.17, 15) is 8.42 Å². The van der Waals surface area contributed by atoms with E-state index in [1.165, 1.54) is 0 Å². The minimum absolute atomic E-state index is 0.0616. The van der Waals surface area contributed by atoms with Crippen molar-refractivity contribution in [3.05, 3.63) is 24.3 Å². The smallest absolute Gasteiger partial charge is 0.215 e. The zero-order chi connectivity index (χ0) is 15.2. The first-order valence-electron chi connectivity index (χ1n) is 6.88. The molecular weight excluding hydrogens is 292 g/mol. The Morgan fingerprint density at radius 1 is 1.25 bits per heavy atom. The van der Waals surface area contributed by atoms with Gasteiger partial charge in [0.05, 0.1) is 5.75 Å². The summed E-state index contributed by atoms with van der Waals surface area (Å²) in [5.41, 5.74) is 6.34. The van der Waals surface area contributed by atoms with Gasteiger partial charge in [-0.3, -0.25) is 0 Å². The second kappa shape index (κ2) is 7.90. The molecule has 0 aliphatic carbocycles. The minimum Gasteiger partial charge on any atom is -0.399 e. The summed E-state index contributed by atoms with van der Waals surface area (Å²) in [6, 6.07) is 7.55. The van der Waals surface area contributed by atoms with Crippen LogP contribution in [0.4, 0.5) is 5.69 Å². The molecule has 0 spiro atoms. The van der Waals surface area contributed by atoms with Crippen LogP contribution in [-0.4, -0.2) is 36.8 Å². The van der Waals surface area contributed by atoms with Gasteiger partial charge in [0, 0.05) is 28.9 Å². The lowest BCUT2D eigenvalue weighted by atomic mass is 10.3. The molecule has 0 aromatic heterocycles. The third kappa shape index (κ3) is 5.00. The van der Waals surface area contributed by atoms with Gasteiger partial charge in [0.25, 0.3) is 0 Å². The summed E-state index contributed by atoms with van der Waals surface area (Å²) in [5.74, 6) is 0.722. The van der Waals surface area contributed by atoms with E-state index in [0.717, 1.165) is 17.0 Å². The van der Waals surface area contributed by atoms with Crippen LogP contribution < -0.4 is 5.73 Å². The average Bonchev–Trinajstić information content (AvgIpc) is 2.41. The SMILES string of the molecule is CCC(C)N(CC)S(=O)(=O)CCSc1ccc(N)cc1. The van der Waals surface area contributed by atoms with Gasteiger partial charge in [0.2, 0.25) is 10.0 Å². The molecule has 1 aromatic carbocycles. The molecule has 2 N–H and O–H groups in total. The molecule has 0 aliphatic heterocycles. The van der Waals surface area contributed by atoms with E-state index < -0.39 is 10.0 Å². The predicted molar refractivity (Wildman–Crippen MR) is 87.5 cm³/mol. The number of anilines is 1. The molecule has 1 rings (SSSR count). The van der Waals surface area contributed by atoms with Gasteiger partial charge in [-0.2, -0.15) is 4.31 Å². The van der Waals surface area contributed by atoms with Crippen LogP contribution in [0.1, 0.15) is 27.2 Å². The molecule has 1 atom stereocenters. The maximum atomic E-state index is 12.3. The van der Waals surface area contributed by atoms with Crippen LogP contribution in [0.25, 0.3) is 0 Å². The van der Waals surface area contributed by atoms with Gasteiger partial charge in [0.15, 0.2) is 0 Å². The standard InChI is InChI=1S/C14H24N2O2S2/c1-4-12(3)16(5-2)20(17,18)11-10-19-14-8-6-13(15)7-9-14/h6-9,12H,4-5,10-11,15H2,1-3H3. The summed E-state index contributed by atoms with van der Waals surface area (Å²) < 4.78 is 26.2. The largest absolute Gasteiger partial charge is 0.399 e. The van der Waals surface area contributed by atoms with Crippen LogP contribution in [-0.2, 0) is 10.0 Å². The Morgan fingerprint density at radius 3 is 2.35 bits per heavy atom. The number of nitrogen functional groups attached to an aromatic ring is 1. The van der Waals surface area contributed by atoms with Crippen LogP contribution >= 0.6 is 11.8 Å². The summed E-state index contributed by atoms with van der Waals surface area (Å²) in [5, 5.41) is 0. The lowest BCUT2D eigenvalue weighted by Gasteiger charge is -2.26.